The molecule has 1 aromatic heterocycles. The van der Waals surface area contributed by atoms with Crippen LogP contribution in [0.15, 0.2) is 23.6 Å². The molecule has 2 amide bonds. The van der Waals surface area contributed by atoms with Crippen molar-refractivity contribution in [2.24, 2.45) is 5.73 Å². The summed E-state index contributed by atoms with van der Waals surface area (Å²) in [4.78, 5) is 32.7. The number of rotatable bonds is 3. The van der Waals surface area contributed by atoms with Gasteiger partial charge in [-0.3, -0.25) is 9.59 Å². The van der Waals surface area contributed by atoms with E-state index < -0.39 is 0 Å². The highest BCUT2D eigenvalue weighted by atomic mass is 35.5. The number of nitrogens with two attached hydrogens (primary N) is 1. The SMILES string of the molecule is Cl.NCc1nc(C(=O)N2CCN(C(=O)c3cccc(Cl)c3Cl)CC2)cs1. The first-order valence-corrected chi connectivity index (χ1v) is 9.32. The lowest BCUT2D eigenvalue weighted by atomic mass is 10.1. The van der Waals surface area contributed by atoms with Gasteiger partial charge < -0.3 is 15.5 Å². The minimum atomic E-state index is -0.182. The van der Waals surface area contributed by atoms with Crippen LogP contribution in [-0.2, 0) is 6.54 Å². The molecule has 0 saturated carbocycles. The van der Waals surface area contributed by atoms with E-state index in [-0.39, 0.29) is 29.2 Å². The number of piperazine rings is 1. The van der Waals surface area contributed by atoms with Gasteiger partial charge in [-0.1, -0.05) is 29.3 Å². The molecule has 2 N–H and O–H groups in total. The van der Waals surface area contributed by atoms with Crippen LogP contribution in [-0.4, -0.2) is 52.8 Å². The molecule has 6 nitrogen and oxygen atoms in total. The van der Waals surface area contributed by atoms with Gasteiger partial charge in [0.15, 0.2) is 0 Å². The number of amides is 2. The summed E-state index contributed by atoms with van der Waals surface area (Å²) in [6.45, 7) is 2.07. The molecule has 26 heavy (non-hydrogen) atoms. The Kier molecular flexibility index (Phi) is 7.25. The van der Waals surface area contributed by atoms with Crippen molar-refractivity contribution in [2.75, 3.05) is 26.2 Å². The highest BCUT2D eigenvalue weighted by molar-refractivity contribution is 7.09. The van der Waals surface area contributed by atoms with Crippen molar-refractivity contribution in [3.8, 4) is 0 Å². The number of hydrogen-bond acceptors (Lipinski definition) is 5. The van der Waals surface area contributed by atoms with E-state index in [1.165, 1.54) is 11.3 Å². The molecule has 3 rings (SSSR count). The largest absolute Gasteiger partial charge is 0.335 e. The van der Waals surface area contributed by atoms with Gasteiger partial charge in [0.05, 0.1) is 15.6 Å². The molecule has 1 aliphatic heterocycles. The first kappa shape index (κ1) is 20.9. The molecule has 0 unspecified atom stereocenters. The van der Waals surface area contributed by atoms with E-state index >= 15 is 0 Å². The maximum absolute atomic E-state index is 12.6. The van der Waals surface area contributed by atoms with Crippen LogP contribution >= 0.6 is 46.9 Å². The minimum absolute atomic E-state index is 0. The second-order valence-corrected chi connectivity index (χ2v) is 7.24. The van der Waals surface area contributed by atoms with Crippen molar-refractivity contribution in [2.45, 2.75) is 6.54 Å². The molecule has 0 radical (unpaired) electrons. The maximum Gasteiger partial charge on any atom is 0.273 e. The van der Waals surface area contributed by atoms with Crippen molar-refractivity contribution in [3.05, 3.63) is 49.9 Å². The summed E-state index contributed by atoms with van der Waals surface area (Å²) >= 11 is 13.5. The predicted octanol–water partition coefficient (Wildman–Crippen LogP) is 2.93. The third-order valence-electron chi connectivity index (χ3n) is 3.98. The van der Waals surface area contributed by atoms with Crippen LogP contribution in [0.2, 0.25) is 10.0 Å². The van der Waals surface area contributed by atoms with Gasteiger partial charge in [0.25, 0.3) is 11.8 Å². The molecular formula is C16H17Cl3N4O2S. The van der Waals surface area contributed by atoms with E-state index in [0.29, 0.717) is 49.0 Å². The third kappa shape index (κ3) is 4.29. The summed E-state index contributed by atoms with van der Waals surface area (Å²) in [5.74, 6) is -0.317. The fourth-order valence-electron chi connectivity index (χ4n) is 2.62. The molecule has 1 saturated heterocycles. The molecule has 10 heteroatoms. The van der Waals surface area contributed by atoms with Gasteiger partial charge in [0.1, 0.15) is 10.7 Å². The lowest BCUT2D eigenvalue weighted by Gasteiger charge is -2.34. The summed E-state index contributed by atoms with van der Waals surface area (Å²) in [6, 6.07) is 4.98. The zero-order chi connectivity index (χ0) is 18.0. The average molecular weight is 436 g/mol. The van der Waals surface area contributed by atoms with Crippen molar-refractivity contribution < 1.29 is 9.59 Å². The third-order valence-corrected chi connectivity index (χ3v) is 5.67. The summed E-state index contributed by atoms with van der Waals surface area (Å²) < 4.78 is 0. The Bertz CT molecular complexity index is 807. The second-order valence-electron chi connectivity index (χ2n) is 5.52. The molecule has 2 heterocycles. The number of nitrogens with zero attached hydrogens (tertiary/aromatic N) is 3. The van der Waals surface area contributed by atoms with E-state index in [2.05, 4.69) is 4.98 Å². The van der Waals surface area contributed by atoms with E-state index in [4.69, 9.17) is 28.9 Å². The number of carbonyl (C=O) groups excluding carboxylic acids is 2. The second kappa shape index (κ2) is 9.01. The maximum atomic E-state index is 12.6. The van der Waals surface area contributed by atoms with Crippen LogP contribution in [0.3, 0.4) is 0 Å². The molecule has 1 aromatic carbocycles. The lowest BCUT2D eigenvalue weighted by molar-refractivity contribution is 0.0532. The number of halogens is 3. The van der Waals surface area contributed by atoms with Crippen LogP contribution in [0.25, 0.3) is 0 Å². The van der Waals surface area contributed by atoms with Crippen LogP contribution in [0.5, 0.6) is 0 Å². The summed E-state index contributed by atoms with van der Waals surface area (Å²) in [5.41, 5.74) is 6.31. The molecule has 0 atom stereocenters. The monoisotopic (exact) mass is 434 g/mol. The standard InChI is InChI=1S/C16H16Cl2N4O2S.ClH/c17-11-3-1-2-10(14(11)18)15(23)21-4-6-22(7-5-21)16(24)12-9-25-13(8-19)20-12;/h1-3,9H,4-8,19H2;1H. The zero-order valence-electron chi connectivity index (χ0n) is 13.7. The normalized spacial score (nSPS) is 14.1. The van der Waals surface area contributed by atoms with Gasteiger partial charge in [-0.15, -0.1) is 23.7 Å². The van der Waals surface area contributed by atoms with Gasteiger partial charge in [-0.25, -0.2) is 4.98 Å². The first-order valence-electron chi connectivity index (χ1n) is 7.68. The molecule has 2 aromatic rings. The van der Waals surface area contributed by atoms with Gasteiger partial charge in [0.2, 0.25) is 0 Å². The summed E-state index contributed by atoms with van der Waals surface area (Å²) in [5, 5.41) is 3.05. The Morgan fingerprint density at radius 3 is 2.31 bits per heavy atom. The minimum Gasteiger partial charge on any atom is -0.335 e. The molecule has 0 spiro atoms. The summed E-state index contributed by atoms with van der Waals surface area (Å²) in [7, 11) is 0. The molecular weight excluding hydrogens is 419 g/mol. The fraction of sp³-hybridized carbons (Fsp3) is 0.312. The van der Waals surface area contributed by atoms with Crippen molar-refractivity contribution >= 4 is 58.8 Å². The average Bonchev–Trinajstić information content (AvgIpc) is 3.12. The number of thiazole rings is 1. The van der Waals surface area contributed by atoms with E-state index in [1.807, 2.05) is 0 Å². The first-order chi connectivity index (χ1) is 12.0. The van der Waals surface area contributed by atoms with E-state index in [0.717, 1.165) is 5.01 Å². The fourth-order valence-corrected chi connectivity index (χ4v) is 3.65. The zero-order valence-corrected chi connectivity index (χ0v) is 16.8. The van der Waals surface area contributed by atoms with Crippen molar-refractivity contribution in [1.82, 2.24) is 14.8 Å². The molecule has 140 valence electrons. The van der Waals surface area contributed by atoms with Gasteiger partial charge in [-0.2, -0.15) is 0 Å². The van der Waals surface area contributed by atoms with Gasteiger partial charge in [-0.05, 0) is 12.1 Å². The van der Waals surface area contributed by atoms with Crippen molar-refractivity contribution in [3.63, 3.8) is 0 Å². The van der Waals surface area contributed by atoms with E-state index in [1.54, 1.807) is 33.4 Å². The van der Waals surface area contributed by atoms with Crippen LogP contribution in [0.1, 0.15) is 25.9 Å². The molecule has 1 aliphatic rings. The van der Waals surface area contributed by atoms with Gasteiger partial charge in [0, 0.05) is 38.1 Å². The van der Waals surface area contributed by atoms with Gasteiger partial charge >= 0.3 is 0 Å². The topological polar surface area (TPSA) is 79.5 Å². The highest BCUT2D eigenvalue weighted by Gasteiger charge is 2.27. The highest BCUT2D eigenvalue weighted by Crippen LogP contribution is 2.27. The van der Waals surface area contributed by atoms with Crippen LogP contribution in [0, 0.1) is 0 Å². The Morgan fingerprint density at radius 1 is 1.12 bits per heavy atom. The predicted molar refractivity (Wildman–Crippen MR) is 106 cm³/mol. The Balaban J connectivity index is 0.00000243. The smallest absolute Gasteiger partial charge is 0.273 e. The van der Waals surface area contributed by atoms with E-state index in [9.17, 15) is 9.59 Å². The number of aromatic nitrogens is 1. The molecule has 0 aliphatic carbocycles. The van der Waals surface area contributed by atoms with Crippen LogP contribution in [0.4, 0.5) is 0 Å². The van der Waals surface area contributed by atoms with Crippen LogP contribution < -0.4 is 5.73 Å². The number of carbonyl (C=O) groups is 2. The lowest BCUT2D eigenvalue weighted by Crippen LogP contribution is -2.50. The Morgan fingerprint density at radius 2 is 1.73 bits per heavy atom. The Labute approximate surface area is 171 Å². The Hall–Kier alpha value is -1.38. The summed E-state index contributed by atoms with van der Waals surface area (Å²) in [6.07, 6.45) is 0. The molecule has 0 bridgehead atoms. The van der Waals surface area contributed by atoms with Crippen molar-refractivity contribution in [1.29, 1.82) is 0 Å². The quantitative estimate of drug-likeness (QED) is 0.804. The number of hydrogen-bond donors (Lipinski definition) is 1. The number of benzene rings is 1. The molecule has 1 fully saturated rings.